The van der Waals surface area contributed by atoms with Gasteiger partial charge >= 0.3 is 0 Å². The van der Waals surface area contributed by atoms with Crippen molar-refractivity contribution in [1.82, 2.24) is 15.1 Å². The first kappa shape index (κ1) is 12.9. The predicted molar refractivity (Wildman–Crippen MR) is 66.3 cm³/mol. The number of nitrogens with zero attached hydrogens (tertiary/aromatic N) is 2. The van der Waals surface area contributed by atoms with Gasteiger partial charge < -0.3 is 10.2 Å². The number of rotatable bonds is 2. The van der Waals surface area contributed by atoms with Crippen LogP contribution in [0.15, 0.2) is 0 Å². The number of hydrogen-bond donors (Lipinski definition) is 1. The van der Waals surface area contributed by atoms with Gasteiger partial charge in [-0.15, -0.1) is 0 Å². The Morgan fingerprint density at radius 3 is 2.53 bits per heavy atom. The van der Waals surface area contributed by atoms with Crippen LogP contribution in [0.4, 0.5) is 0 Å². The number of hydrogen-bond acceptors (Lipinski definition) is 3. The van der Waals surface area contributed by atoms with E-state index in [9.17, 15) is 0 Å². The molecule has 1 saturated heterocycles. The molecule has 0 radical (unpaired) electrons. The molecule has 1 heterocycles. The van der Waals surface area contributed by atoms with Gasteiger partial charge in [0, 0.05) is 31.2 Å². The molecule has 1 N–H and O–H groups in total. The standard InChI is InChI=1S/C12H27N3/c1-12(2,3)15-8-6-7-13-9-11(15)10-14(4)5/h11,13H,6-10H2,1-5H3. The van der Waals surface area contributed by atoms with Crippen LogP contribution in [-0.4, -0.2) is 61.7 Å². The Hall–Kier alpha value is -0.120. The first-order valence-corrected chi connectivity index (χ1v) is 6.03. The molecule has 3 nitrogen and oxygen atoms in total. The second-order valence-electron chi connectivity index (χ2n) is 5.84. The van der Waals surface area contributed by atoms with Crippen molar-refractivity contribution < 1.29 is 0 Å². The van der Waals surface area contributed by atoms with E-state index in [0.717, 1.165) is 19.6 Å². The van der Waals surface area contributed by atoms with Crippen molar-refractivity contribution in [2.75, 3.05) is 40.3 Å². The lowest BCUT2D eigenvalue weighted by Gasteiger charge is -2.41. The highest BCUT2D eigenvalue weighted by molar-refractivity contribution is 4.87. The molecular formula is C12H27N3. The fraction of sp³-hybridized carbons (Fsp3) is 1.00. The highest BCUT2D eigenvalue weighted by Crippen LogP contribution is 2.19. The molecule has 0 aliphatic carbocycles. The van der Waals surface area contributed by atoms with Crippen LogP contribution in [0.1, 0.15) is 27.2 Å². The smallest absolute Gasteiger partial charge is 0.0352 e. The fourth-order valence-electron chi connectivity index (χ4n) is 2.40. The third-order valence-electron chi connectivity index (χ3n) is 3.01. The van der Waals surface area contributed by atoms with Gasteiger partial charge in [0.15, 0.2) is 0 Å². The minimum absolute atomic E-state index is 0.284. The molecule has 0 aromatic heterocycles. The van der Waals surface area contributed by atoms with E-state index >= 15 is 0 Å². The molecule has 0 saturated carbocycles. The Balaban J connectivity index is 2.67. The maximum absolute atomic E-state index is 3.54. The molecule has 1 unspecified atom stereocenters. The van der Waals surface area contributed by atoms with E-state index in [1.807, 2.05) is 0 Å². The van der Waals surface area contributed by atoms with Gasteiger partial charge in [0.2, 0.25) is 0 Å². The van der Waals surface area contributed by atoms with Crippen LogP contribution in [0.2, 0.25) is 0 Å². The molecule has 0 aromatic carbocycles. The van der Waals surface area contributed by atoms with Gasteiger partial charge in [0.1, 0.15) is 0 Å². The van der Waals surface area contributed by atoms with Crippen LogP contribution in [0.5, 0.6) is 0 Å². The molecule has 1 aliphatic rings. The maximum atomic E-state index is 3.54. The van der Waals surface area contributed by atoms with E-state index in [0.29, 0.717) is 6.04 Å². The Morgan fingerprint density at radius 1 is 1.33 bits per heavy atom. The van der Waals surface area contributed by atoms with Crippen LogP contribution < -0.4 is 5.32 Å². The molecule has 90 valence electrons. The molecule has 1 aliphatic heterocycles. The van der Waals surface area contributed by atoms with Gasteiger partial charge in [-0.2, -0.15) is 0 Å². The molecule has 3 heteroatoms. The predicted octanol–water partition coefficient (Wildman–Crippen LogP) is 1.01. The summed E-state index contributed by atoms with van der Waals surface area (Å²) in [4.78, 5) is 4.93. The Morgan fingerprint density at radius 2 is 2.00 bits per heavy atom. The third kappa shape index (κ3) is 4.09. The van der Waals surface area contributed by atoms with Crippen LogP contribution in [0.25, 0.3) is 0 Å². The quantitative estimate of drug-likeness (QED) is 0.738. The maximum Gasteiger partial charge on any atom is 0.0352 e. The van der Waals surface area contributed by atoms with Crippen molar-refractivity contribution in [2.24, 2.45) is 0 Å². The first-order chi connectivity index (χ1) is 6.91. The molecule has 15 heavy (non-hydrogen) atoms. The second kappa shape index (κ2) is 5.28. The highest BCUT2D eigenvalue weighted by Gasteiger charge is 2.29. The summed E-state index contributed by atoms with van der Waals surface area (Å²) in [5.74, 6) is 0. The van der Waals surface area contributed by atoms with E-state index in [4.69, 9.17) is 0 Å². The summed E-state index contributed by atoms with van der Waals surface area (Å²) in [5.41, 5.74) is 0.284. The minimum Gasteiger partial charge on any atom is -0.315 e. The van der Waals surface area contributed by atoms with Crippen LogP contribution in [0.3, 0.4) is 0 Å². The molecule has 0 bridgehead atoms. The highest BCUT2D eigenvalue weighted by atomic mass is 15.3. The normalized spacial score (nSPS) is 25.6. The summed E-state index contributed by atoms with van der Waals surface area (Å²) >= 11 is 0. The van der Waals surface area contributed by atoms with Gasteiger partial charge in [0.05, 0.1) is 0 Å². The summed E-state index contributed by atoms with van der Waals surface area (Å²) < 4.78 is 0. The summed E-state index contributed by atoms with van der Waals surface area (Å²) in [6, 6.07) is 0.641. The SMILES string of the molecule is CN(C)CC1CNCCCN1C(C)(C)C. The summed E-state index contributed by atoms with van der Waals surface area (Å²) in [5, 5.41) is 3.54. The van der Waals surface area contributed by atoms with Crippen LogP contribution >= 0.6 is 0 Å². The van der Waals surface area contributed by atoms with Gasteiger partial charge in [0.25, 0.3) is 0 Å². The first-order valence-electron chi connectivity index (χ1n) is 6.03. The molecule has 1 atom stereocenters. The molecule has 0 spiro atoms. The molecular weight excluding hydrogens is 186 g/mol. The average molecular weight is 213 g/mol. The van der Waals surface area contributed by atoms with E-state index in [2.05, 4.69) is 50.0 Å². The zero-order valence-corrected chi connectivity index (χ0v) is 11.0. The third-order valence-corrected chi connectivity index (χ3v) is 3.01. The van der Waals surface area contributed by atoms with E-state index in [1.54, 1.807) is 0 Å². The molecule has 0 amide bonds. The molecule has 1 rings (SSSR count). The number of nitrogens with one attached hydrogen (secondary N) is 1. The minimum atomic E-state index is 0.284. The fourth-order valence-corrected chi connectivity index (χ4v) is 2.40. The molecule has 1 fully saturated rings. The largest absolute Gasteiger partial charge is 0.315 e. The zero-order chi connectivity index (χ0) is 11.5. The Labute approximate surface area is 94.8 Å². The summed E-state index contributed by atoms with van der Waals surface area (Å²) in [6.45, 7) is 11.6. The summed E-state index contributed by atoms with van der Waals surface area (Å²) in [7, 11) is 4.32. The van der Waals surface area contributed by atoms with E-state index in [-0.39, 0.29) is 5.54 Å². The monoisotopic (exact) mass is 213 g/mol. The lowest BCUT2D eigenvalue weighted by molar-refractivity contribution is 0.0753. The van der Waals surface area contributed by atoms with Crippen molar-refractivity contribution in [2.45, 2.75) is 38.8 Å². The van der Waals surface area contributed by atoms with Crippen molar-refractivity contribution in [3.63, 3.8) is 0 Å². The lowest BCUT2D eigenvalue weighted by atomic mass is 10.0. The van der Waals surface area contributed by atoms with Crippen molar-refractivity contribution in [3.8, 4) is 0 Å². The van der Waals surface area contributed by atoms with Gasteiger partial charge in [-0.25, -0.2) is 0 Å². The lowest BCUT2D eigenvalue weighted by Crippen LogP contribution is -2.53. The zero-order valence-electron chi connectivity index (χ0n) is 11.0. The Kier molecular flexibility index (Phi) is 4.56. The number of likely N-dealkylation sites (N-methyl/N-ethyl adjacent to an activating group) is 1. The van der Waals surface area contributed by atoms with Gasteiger partial charge in [-0.1, -0.05) is 0 Å². The second-order valence-corrected chi connectivity index (χ2v) is 5.84. The average Bonchev–Trinajstić information content (AvgIpc) is 2.27. The Bertz CT molecular complexity index is 184. The van der Waals surface area contributed by atoms with Crippen molar-refractivity contribution >= 4 is 0 Å². The van der Waals surface area contributed by atoms with Gasteiger partial charge in [-0.05, 0) is 47.8 Å². The van der Waals surface area contributed by atoms with Crippen molar-refractivity contribution in [3.05, 3.63) is 0 Å². The molecule has 0 aromatic rings. The summed E-state index contributed by atoms with van der Waals surface area (Å²) in [6.07, 6.45) is 1.27. The van der Waals surface area contributed by atoms with Crippen molar-refractivity contribution in [1.29, 1.82) is 0 Å². The van der Waals surface area contributed by atoms with Crippen LogP contribution in [0, 0.1) is 0 Å². The topological polar surface area (TPSA) is 18.5 Å². The van der Waals surface area contributed by atoms with E-state index in [1.165, 1.54) is 13.0 Å². The van der Waals surface area contributed by atoms with E-state index < -0.39 is 0 Å². The van der Waals surface area contributed by atoms with Crippen LogP contribution in [-0.2, 0) is 0 Å². The van der Waals surface area contributed by atoms with Gasteiger partial charge in [-0.3, -0.25) is 4.90 Å².